The summed E-state index contributed by atoms with van der Waals surface area (Å²) in [5.41, 5.74) is 1.27. The maximum absolute atomic E-state index is 13.1. The Hall–Kier alpha value is -2.17. The van der Waals surface area contributed by atoms with Gasteiger partial charge in [0, 0.05) is 30.0 Å². The smallest absolute Gasteiger partial charge is 0.269 e. The van der Waals surface area contributed by atoms with Crippen molar-refractivity contribution >= 4 is 46.6 Å². The third-order valence-electron chi connectivity index (χ3n) is 5.53. The third kappa shape index (κ3) is 3.91. The van der Waals surface area contributed by atoms with E-state index in [0.29, 0.717) is 29.7 Å². The molecule has 8 nitrogen and oxygen atoms in total. The molecule has 3 aromatic rings. The van der Waals surface area contributed by atoms with Crippen LogP contribution in [0.25, 0.3) is 11.0 Å². The van der Waals surface area contributed by atoms with Gasteiger partial charge in [-0.05, 0) is 43.9 Å². The summed E-state index contributed by atoms with van der Waals surface area (Å²) < 4.78 is 49.9. The number of benzene rings is 1. The van der Waals surface area contributed by atoms with E-state index in [1.165, 1.54) is 12.5 Å². The first kappa shape index (κ1) is 21.1. The number of fused-ring (bicyclic) bond motifs is 1. The second kappa shape index (κ2) is 7.51. The summed E-state index contributed by atoms with van der Waals surface area (Å²) in [4.78, 5) is 10.7. The molecule has 0 atom stereocenters. The SMILES string of the molecule is Cc1ccc(S(=O)(=O)n2ccc3c(N(C)[C@H]4C[C@@H](CS(=O)(=O)Cl)C4)ncnc32)cc1. The molecule has 11 heteroatoms. The summed E-state index contributed by atoms with van der Waals surface area (Å²) in [6.45, 7) is 1.89. The standard InChI is InChI=1S/C19H21ClN4O4S2/c1-13-3-5-16(6-4-13)30(27,28)24-8-7-17-18(21-12-22-19(17)24)23(2)15-9-14(10-15)11-29(20,25)26/h3-8,12,14-15H,9-11H2,1-2H3/t14-,15+. The van der Waals surface area contributed by atoms with Gasteiger partial charge in [0.05, 0.1) is 16.0 Å². The highest BCUT2D eigenvalue weighted by Gasteiger charge is 2.36. The normalized spacial score (nSPS) is 19.6. The first-order valence-corrected chi connectivity index (χ1v) is 13.3. The Morgan fingerprint density at radius 2 is 1.77 bits per heavy atom. The van der Waals surface area contributed by atoms with E-state index >= 15 is 0 Å². The van der Waals surface area contributed by atoms with Gasteiger partial charge in [-0.1, -0.05) is 17.7 Å². The lowest BCUT2D eigenvalue weighted by Gasteiger charge is -2.41. The van der Waals surface area contributed by atoms with Crippen LogP contribution in [-0.2, 0) is 19.1 Å². The van der Waals surface area contributed by atoms with E-state index in [1.807, 2.05) is 18.9 Å². The number of halogens is 1. The van der Waals surface area contributed by atoms with E-state index in [9.17, 15) is 16.8 Å². The molecule has 1 aliphatic rings. The first-order valence-electron chi connectivity index (χ1n) is 9.36. The van der Waals surface area contributed by atoms with E-state index < -0.39 is 19.1 Å². The first-order chi connectivity index (χ1) is 14.1. The van der Waals surface area contributed by atoms with Gasteiger partial charge in [0.25, 0.3) is 10.0 Å². The van der Waals surface area contributed by atoms with Gasteiger partial charge in [-0.15, -0.1) is 0 Å². The summed E-state index contributed by atoms with van der Waals surface area (Å²) in [5.74, 6) is 0.585. The minimum absolute atomic E-state index is 0.0174. The van der Waals surface area contributed by atoms with Gasteiger partial charge in [0.15, 0.2) is 5.65 Å². The van der Waals surface area contributed by atoms with Crippen molar-refractivity contribution in [2.75, 3.05) is 17.7 Å². The number of aromatic nitrogens is 3. The van der Waals surface area contributed by atoms with Crippen LogP contribution in [0.4, 0.5) is 5.82 Å². The van der Waals surface area contributed by atoms with Gasteiger partial charge in [-0.3, -0.25) is 0 Å². The highest BCUT2D eigenvalue weighted by atomic mass is 35.7. The van der Waals surface area contributed by atoms with E-state index in [0.717, 1.165) is 9.54 Å². The van der Waals surface area contributed by atoms with E-state index in [-0.39, 0.29) is 22.6 Å². The summed E-state index contributed by atoms with van der Waals surface area (Å²) in [6.07, 6.45) is 4.18. The molecule has 0 bridgehead atoms. The molecule has 1 aliphatic carbocycles. The molecule has 4 rings (SSSR count). The quantitative estimate of drug-likeness (QED) is 0.512. The Morgan fingerprint density at radius 3 is 2.40 bits per heavy atom. The zero-order valence-corrected chi connectivity index (χ0v) is 18.8. The van der Waals surface area contributed by atoms with Crippen molar-refractivity contribution < 1.29 is 16.8 Å². The number of hydrogen-bond donors (Lipinski definition) is 0. The molecular weight excluding hydrogens is 448 g/mol. The number of hydrogen-bond acceptors (Lipinski definition) is 7. The molecular formula is C19H21ClN4O4S2. The molecule has 1 aromatic carbocycles. The maximum atomic E-state index is 13.1. The molecule has 0 radical (unpaired) electrons. The largest absolute Gasteiger partial charge is 0.356 e. The fraction of sp³-hybridized carbons (Fsp3) is 0.368. The Morgan fingerprint density at radius 1 is 1.10 bits per heavy atom. The van der Waals surface area contributed by atoms with Crippen LogP contribution < -0.4 is 4.90 Å². The fourth-order valence-corrected chi connectivity index (χ4v) is 6.49. The van der Waals surface area contributed by atoms with Crippen molar-refractivity contribution in [3.8, 4) is 0 Å². The predicted molar refractivity (Wildman–Crippen MR) is 116 cm³/mol. The van der Waals surface area contributed by atoms with E-state index in [2.05, 4.69) is 9.97 Å². The van der Waals surface area contributed by atoms with Crippen molar-refractivity contribution in [1.29, 1.82) is 0 Å². The van der Waals surface area contributed by atoms with Crippen LogP contribution in [0.2, 0.25) is 0 Å². The average molecular weight is 469 g/mol. The molecule has 2 aromatic heterocycles. The molecule has 30 heavy (non-hydrogen) atoms. The molecule has 1 fully saturated rings. The fourth-order valence-electron chi connectivity index (χ4n) is 3.82. The van der Waals surface area contributed by atoms with Crippen LogP contribution in [0.5, 0.6) is 0 Å². The lowest BCUT2D eigenvalue weighted by Crippen LogP contribution is -2.44. The van der Waals surface area contributed by atoms with Gasteiger partial charge in [0.1, 0.15) is 12.1 Å². The van der Waals surface area contributed by atoms with Crippen molar-refractivity contribution in [2.24, 2.45) is 5.92 Å². The van der Waals surface area contributed by atoms with Gasteiger partial charge < -0.3 is 4.90 Å². The Balaban J connectivity index is 1.64. The van der Waals surface area contributed by atoms with Crippen LogP contribution in [-0.4, -0.2) is 49.6 Å². The summed E-state index contributed by atoms with van der Waals surface area (Å²) in [5, 5.41) is 0.615. The molecule has 160 valence electrons. The van der Waals surface area contributed by atoms with Gasteiger partial charge in [-0.25, -0.2) is 30.8 Å². The molecule has 2 heterocycles. The van der Waals surface area contributed by atoms with Crippen molar-refractivity contribution in [3.05, 3.63) is 48.4 Å². The summed E-state index contributed by atoms with van der Waals surface area (Å²) >= 11 is 0. The highest BCUT2D eigenvalue weighted by molar-refractivity contribution is 8.13. The van der Waals surface area contributed by atoms with Gasteiger partial charge in [-0.2, -0.15) is 0 Å². The predicted octanol–water partition coefficient (Wildman–Crippen LogP) is 2.76. The zero-order chi connectivity index (χ0) is 21.7. The van der Waals surface area contributed by atoms with E-state index in [4.69, 9.17) is 10.7 Å². The second-order valence-electron chi connectivity index (χ2n) is 7.67. The van der Waals surface area contributed by atoms with Crippen LogP contribution in [0.1, 0.15) is 18.4 Å². The monoisotopic (exact) mass is 468 g/mol. The third-order valence-corrected chi connectivity index (χ3v) is 8.46. The number of nitrogens with zero attached hydrogens (tertiary/aromatic N) is 4. The topological polar surface area (TPSA) is 102 Å². The average Bonchev–Trinajstić information content (AvgIpc) is 3.08. The lowest BCUT2D eigenvalue weighted by atomic mass is 9.81. The molecule has 0 saturated heterocycles. The zero-order valence-electron chi connectivity index (χ0n) is 16.4. The number of rotatable bonds is 6. The Kier molecular flexibility index (Phi) is 5.27. The number of aryl methyl sites for hydroxylation is 1. The lowest BCUT2D eigenvalue weighted by molar-refractivity contribution is 0.283. The molecule has 0 amide bonds. The number of anilines is 1. The van der Waals surface area contributed by atoms with Crippen LogP contribution in [0.3, 0.4) is 0 Å². The van der Waals surface area contributed by atoms with Gasteiger partial charge >= 0.3 is 0 Å². The highest BCUT2D eigenvalue weighted by Crippen LogP contribution is 2.36. The minimum Gasteiger partial charge on any atom is -0.356 e. The maximum Gasteiger partial charge on any atom is 0.269 e. The molecule has 0 unspecified atom stereocenters. The molecule has 0 spiro atoms. The second-order valence-corrected chi connectivity index (χ2v) is 12.3. The molecule has 0 aliphatic heterocycles. The van der Waals surface area contributed by atoms with Crippen molar-refractivity contribution in [1.82, 2.24) is 13.9 Å². The van der Waals surface area contributed by atoms with Crippen LogP contribution in [0.15, 0.2) is 47.8 Å². The van der Waals surface area contributed by atoms with Crippen LogP contribution >= 0.6 is 10.7 Å². The Labute approximate surface area is 180 Å². The van der Waals surface area contributed by atoms with Crippen LogP contribution in [0, 0.1) is 12.8 Å². The minimum atomic E-state index is -3.80. The molecule has 1 saturated carbocycles. The summed E-state index contributed by atoms with van der Waals surface area (Å²) in [6, 6.07) is 8.44. The Bertz CT molecular complexity index is 1300. The van der Waals surface area contributed by atoms with Crippen molar-refractivity contribution in [3.63, 3.8) is 0 Å². The summed E-state index contributed by atoms with van der Waals surface area (Å²) in [7, 11) is -0.102. The van der Waals surface area contributed by atoms with Gasteiger partial charge in [0.2, 0.25) is 9.05 Å². The van der Waals surface area contributed by atoms with E-state index in [1.54, 1.807) is 30.3 Å². The van der Waals surface area contributed by atoms with Crippen molar-refractivity contribution in [2.45, 2.75) is 30.7 Å². The molecule has 0 N–H and O–H groups in total.